The Balaban J connectivity index is 1.39. The lowest BCUT2D eigenvalue weighted by atomic mass is 9.93. The molecule has 0 fully saturated rings. The van der Waals surface area contributed by atoms with Crippen molar-refractivity contribution in [2.24, 2.45) is 0 Å². The third kappa shape index (κ3) is 3.60. The smallest absolute Gasteiger partial charge is 0.243 e. The van der Waals surface area contributed by atoms with Gasteiger partial charge in [0, 0.05) is 26.4 Å². The lowest BCUT2D eigenvalue weighted by molar-refractivity contribution is -0.140. The van der Waals surface area contributed by atoms with Gasteiger partial charge in [-0.2, -0.15) is 0 Å². The van der Waals surface area contributed by atoms with Crippen molar-refractivity contribution < 1.29 is 19.1 Å². The van der Waals surface area contributed by atoms with E-state index in [4.69, 9.17) is 9.47 Å². The molecule has 0 spiro atoms. The molecule has 6 heteroatoms. The number of ether oxygens (including phenoxy) is 2. The number of carbonyl (C=O) groups is 2. The normalized spacial score (nSPS) is 17.4. The number of amides is 2. The lowest BCUT2D eigenvalue weighted by Gasteiger charge is -2.35. The third-order valence-electron chi connectivity index (χ3n) is 5.11. The number of benzene rings is 2. The molecule has 4 rings (SSSR count). The third-order valence-corrected chi connectivity index (χ3v) is 5.11. The van der Waals surface area contributed by atoms with E-state index < -0.39 is 6.04 Å². The summed E-state index contributed by atoms with van der Waals surface area (Å²) in [6, 6.07) is 13.3. The fraction of sp³-hybridized carbons (Fsp3) is 0.333. The Labute approximate surface area is 158 Å². The fourth-order valence-corrected chi connectivity index (χ4v) is 3.63. The quantitative estimate of drug-likeness (QED) is 0.899. The molecular weight excluding hydrogens is 344 g/mol. The molecule has 2 amide bonds. The summed E-state index contributed by atoms with van der Waals surface area (Å²) in [5, 5.41) is 2.98. The highest BCUT2D eigenvalue weighted by Crippen LogP contribution is 2.32. The second-order valence-electron chi connectivity index (χ2n) is 6.86. The zero-order chi connectivity index (χ0) is 18.8. The summed E-state index contributed by atoms with van der Waals surface area (Å²) in [4.78, 5) is 26.4. The van der Waals surface area contributed by atoms with Crippen LogP contribution in [0.15, 0.2) is 42.5 Å². The van der Waals surface area contributed by atoms with E-state index in [9.17, 15) is 9.59 Å². The second-order valence-corrected chi connectivity index (χ2v) is 6.86. The van der Waals surface area contributed by atoms with Gasteiger partial charge in [-0.1, -0.05) is 30.3 Å². The molecule has 2 aliphatic rings. The maximum Gasteiger partial charge on any atom is 0.243 e. The van der Waals surface area contributed by atoms with Crippen molar-refractivity contribution in [2.75, 3.05) is 13.3 Å². The summed E-state index contributed by atoms with van der Waals surface area (Å²) in [5.41, 5.74) is 3.31. The summed E-state index contributed by atoms with van der Waals surface area (Å²) < 4.78 is 10.7. The molecule has 0 bridgehead atoms. The Morgan fingerprint density at radius 2 is 1.89 bits per heavy atom. The number of hydrogen-bond acceptors (Lipinski definition) is 4. The zero-order valence-electron chi connectivity index (χ0n) is 15.2. The number of fused-ring (bicyclic) bond motifs is 2. The number of carbonyl (C=O) groups excluding carboxylic acids is 2. The first-order valence-corrected chi connectivity index (χ1v) is 9.12. The molecule has 2 aromatic carbocycles. The maximum atomic E-state index is 12.8. The summed E-state index contributed by atoms with van der Waals surface area (Å²) in [6.45, 7) is 2.74. The molecule has 1 atom stereocenters. The van der Waals surface area contributed by atoms with Gasteiger partial charge in [-0.25, -0.2) is 0 Å². The molecule has 27 heavy (non-hydrogen) atoms. The van der Waals surface area contributed by atoms with Crippen molar-refractivity contribution in [3.05, 3.63) is 59.2 Å². The van der Waals surface area contributed by atoms with Gasteiger partial charge in [0.1, 0.15) is 6.04 Å². The first-order valence-electron chi connectivity index (χ1n) is 9.12. The fourth-order valence-electron chi connectivity index (χ4n) is 3.63. The predicted octanol–water partition coefficient (Wildman–Crippen LogP) is 2.05. The average Bonchev–Trinajstić information content (AvgIpc) is 3.14. The molecule has 2 aromatic rings. The van der Waals surface area contributed by atoms with Crippen LogP contribution in [0, 0.1) is 0 Å². The molecule has 0 aliphatic carbocycles. The van der Waals surface area contributed by atoms with Gasteiger partial charge < -0.3 is 19.7 Å². The average molecular weight is 366 g/mol. The van der Waals surface area contributed by atoms with Gasteiger partial charge in [0.25, 0.3) is 0 Å². The molecule has 1 N–H and O–H groups in total. The Kier molecular flexibility index (Phi) is 4.71. The molecule has 0 unspecified atom stereocenters. The highest BCUT2D eigenvalue weighted by Gasteiger charge is 2.32. The van der Waals surface area contributed by atoms with E-state index in [1.165, 1.54) is 6.92 Å². The molecular formula is C21H22N2O4. The number of rotatable bonds is 4. The van der Waals surface area contributed by atoms with E-state index in [-0.39, 0.29) is 18.6 Å². The van der Waals surface area contributed by atoms with E-state index in [1.807, 2.05) is 42.5 Å². The van der Waals surface area contributed by atoms with Crippen LogP contribution < -0.4 is 14.8 Å². The van der Waals surface area contributed by atoms with Crippen LogP contribution in [0.5, 0.6) is 11.5 Å². The Morgan fingerprint density at radius 1 is 1.11 bits per heavy atom. The van der Waals surface area contributed by atoms with Crippen molar-refractivity contribution in [3.8, 4) is 11.5 Å². The molecule has 6 nitrogen and oxygen atoms in total. The van der Waals surface area contributed by atoms with Crippen molar-refractivity contribution in [2.45, 2.75) is 32.4 Å². The highest BCUT2D eigenvalue weighted by molar-refractivity contribution is 5.87. The van der Waals surface area contributed by atoms with Crippen molar-refractivity contribution in [1.29, 1.82) is 0 Å². The summed E-state index contributed by atoms with van der Waals surface area (Å²) >= 11 is 0. The molecule has 0 radical (unpaired) electrons. The van der Waals surface area contributed by atoms with Crippen LogP contribution in [-0.2, 0) is 29.0 Å². The van der Waals surface area contributed by atoms with Crippen molar-refractivity contribution in [1.82, 2.24) is 10.2 Å². The summed E-state index contributed by atoms with van der Waals surface area (Å²) in [7, 11) is 0. The van der Waals surface area contributed by atoms with Crippen LogP contribution in [-0.4, -0.2) is 36.1 Å². The molecule has 0 saturated heterocycles. The monoisotopic (exact) mass is 366 g/mol. The van der Waals surface area contributed by atoms with E-state index in [0.717, 1.165) is 28.2 Å². The minimum Gasteiger partial charge on any atom is -0.454 e. The molecule has 140 valence electrons. The molecule has 2 heterocycles. The SMILES string of the molecule is CC(=O)N1Cc2ccccc2C[C@@H]1C(=O)NCCc1ccc2c(c1)OCO2. The number of nitrogens with zero attached hydrogens (tertiary/aromatic N) is 1. The van der Waals surface area contributed by atoms with Crippen LogP contribution in [0.3, 0.4) is 0 Å². The minimum absolute atomic E-state index is 0.0829. The van der Waals surface area contributed by atoms with Crippen LogP contribution >= 0.6 is 0 Å². The standard InChI is InChI=1S/C21H22N2O4/c1-14(24)23-12-17-5-3-2-4-16(17)11-18(23)21(25)22-9-8-15-6-7-19-20(10-15)27-13-26-19/h2-7,10,18H,8-9,11-13H2,1H3,(H,22,25)/t18-/m1/s1. The first kappa shape index (κ1) is 17.4. The van der Waals surface area contributed by atoms with Crippen LogP contribution in [0.2, 0.25) is 0 Å². The number of nitrogens with one attached hydrogen (secondary N) is 1. The molecule has 0 aromatic heterocycles. The topological polar surface area (TPSA) is 67.9 Å². The lowest BCUT2D eigenvalue weighted by Crippen LogP contribution is -2.52. The Morgan fingerprint density at radius 3 is 2.70 bits per heavy atom. The first-order chi connectivity index (χ1) is 13.1. The van der Waals surface area contributed by atoms with E-state index >= 15 is 0 Å². The van der Waals surface area contributed by atoms with Gasteiger partial charge >= 0.3 is 0 Å². The van der Waals surface area contributed by atoms with Crippen LogP contribution in [0.4, 0.5) is 0 Å². The van der Waals surface area contributed by atoms with Crippen LogP contribution in [0.25, 0.3) is 0 Å². The molecule has 2 aliphatic heterocycles. The van der Waals surface area contributed by atoms with Gasteiger partial charge in [0.05, 0.1) is 0 Å². The summed E-state index contributed by atoms with van der Waals surface area (Å²) in [6.07, 6.45) is 1.23. The highest BCUT2D eigenvalue weighted by atomic mass is 16.7. The largest absolute Gasteiger partial charge is 0.454 e. The maximum absolute atomic E-state index is 12.8. The van der Waals surface area contributed by atoms with E-state index in [2.05, 4.69) is 5.32 Å². The minimum atomic E-state index is -0.464. The summed E-state index contributed by atoms with van der Waals surface area (Å²) in [5.74, 6) is 1.30. The van der Waals surface area contributed by atoms with Gasteiger partial charge in [0.15, 0.2) is 11.5 Å². The number of hydrogen-bond donors (Lipinski definition) is 1. The van der Waals surface area contributed by atoms with Gasteiger partial charge in [-0.15, -0.1) is 0 Å². The predicted molar refractivity (Wildman–Crippen MR) is 99.4 cm³/mol. The van der Waals surface area contributed by atoms with Gasteiger partial charge in [-0.3, -0.25) is 9.59 Å². The molecule has 0 saturated carbocycles. The van der Waals surface area contributed by atoms with Crippen LogP contribution in [0.1, 0.15) is 23.6 Å². The van der Waals surface area contributed by atoms with Gasteiger partial charge in [0.2, 0.25) is 18.6 Å². The second kappa shape index (κ2) is 7.31. The Hall–Kier alpha value is -3.02. The van der Waals surface area contributed by atoms with Crippen molar-refractivity contribution in [3.63, 3.8) is 0 Å². The zero-order valence-corrected chi connectivity index (χ0v) is 15.2. The van der Waals surface area contributed by atoms with E-state index in [1.54, 1.807) is 4.90 Å². The van der Waals surface area contributed by atoms with E-state index in [0.29, 0.717) is 25.9 Å². The van der Waals surface area contributed by atoms with Gasteiger partial charge in [-0.05, 0) is 35.2 Å². The Bertz CT molecular complexity index is 880. The van der Waals surface area contributed by atoms with Crippen molar-refractivity contribution >= 4 is 11.8 Å².